The maximum absolute atomic E-state index is 9.45. The van der Waals surface area contributed by atoms with E-state index in [-0.39, 0.29) is 24.9 Å². The Morgan fingerprint density at radius 1 is 1.21 bits per heavy atom. The Morgan fingerprint density at radius 3 is 2.50 bits per heavy atom. The Morgan fingerprint density at radius 2 is 1.93 bits per heavy atom. The first-order valence-electron chi connectivity index (χ1n) is 9.66. The van der Waals surface area contributed by atoms with Crippen LogP contribution in [0.5, 0.6) is 5.75 Å². The number of hydrogen-bond donors (Lipinski definition) is 1. The third-order valence-corrected chi connectivity index (χ3v) is 4.38. The number of allylic oxidation sites excluding steroid dienone is 1. The maximum atomic E-state index is 9.45. The third-order valence-electron chi connectivity index (χ3n) is 4.38. The molecule has 0 amide bonds. The van der Waals surface area contributed by atoms with Crippen LogP contribution in [0, 0.1) is 18.3 Å². The van der Waals surface area contributed by atoms with E-state index in [0.29, 0.717) is 13.2 Å². The second kappa shape index (κ2) is 14.2. The van der Waals surface area contributed by atoms with Crippen molar-refractivity contribution >= 4 is 0 Å². The first kappa shape index (κ1) is 24.2. The Balaban J connectivity index is 2.76. The van der Waals surface area contributed by atoms with Crippen LogP contribution in [0.1, 0.15) is 38.7 Å². The zero-order valence-electron chi connectivity index (χ0n) is 17.5. The van der Waals surface area contributed by atoms with E-state index >= 15 is 0 Å². The van der Waals surface area contributed by atoms with Gasteiger partial charge in [-0.3, -0.25) is 0 Å². The summed E-state index contributed by atoms with van der Waals surface area (Å²) in [5.41, 5.74) is 2.07. The standard InChI is InChI=1S/C23H34O5/c1-6-18(2)23(28-17-25-4)21(10-8-7-9-19(3)24)16-27-15-20-11-13-22(26-5)14-12-20/h1,10-14,18-19,23-24H,7-9,15-17H2,2-5H3/b21-10+/t18-,19+,23+/m0/s1. The van der Waals surface area contributed by atoms with Gasteiger partial charge in [0, 0.05) is 13.0 Å². The van der Waals surface area contributed by atoms with E-state index < -0.39 is 0 Å². The molecule has 0 aromatic heterocycles. The zero-order valence-corrected chi connectivity index (χ0v) is 17.5. The molecule has 1 aromatic rings. The second-order valence-electron chi connectivity index (χ2n) is 6.85. The fraction of sp³-hybridized carbons (Fsp3) is 0.565. The highest BCUT2D eigenvalue weighted by molar-refractivity contribution is 5.26. The van der Waals surface area contributed by atoms with Gasteiger partial charge in [-0.15, -0.1) is 12.3 Å². The van der Waals surface area contributed by atoms with Crippen LogP contribution < -0.4 is 4.74 Å². The minimum atomic E-state index is -0.298. The van der Waals surface area contributed by atoms with Gasteiger partial charge >= 0.3 is 0 Å². The van der Waals surface area contributed by atoms with Gasteiger partial charge in [0.05, 0.1) is 32.5 Å². The summed E-state index contributed by atoms with van der Waals surface area (Å²) < 4.78 is 22.0. The van der Waals surface area contributed by atoms with Crippen LogP contribution >= 0.6 is 0 Å². The van der Waals surface area contributed by atoms with Crippen LogP contribution in [0.25, 0.3) is 0 Å². The highest BCUT2D eigenvalue weighted by Crippen LogP contribution is 2.20. The number of aliphatic hydroxyl groups is 1. The van der Waals surface area contributed by atoms with Gasteiger partial charge in [0.15, 0.2) is 0 Å². The number of hydrogen-bond acceptors (Lipinski definition) is 5. The number of aliphatic hydroxyl groups excluding tert-OH is 1. The van der Waals surface area contributed by atoms with Gasteiger partial charge in [-0.05, 0) is 56.4 Å². The molecule has 0 aliphatic heterocycles. The van der Waals surface area contributed by atoms with Crippen LogP contribution in [-0.4, -0.2) is 44.9 Å². The Kier molecular flexibility index (Phi) is 12.3. The molecule has 0 heterocycles. The molecule has 156 valence electrons. The van der Waals surface area contributed by atoms with Crippen molar-refractivity contribution in [3.8, 4) is 18.1 Å². The predicted molar refractivity (Wildman–Crippen MR) is 111 cm³/mol. The van der Waals surface area contributed by atoms with Crippen LogP contribution in [0.3, 0.4) is 0 Å². The molecule has 0 saturated carbocycles. The normalized spacial score (nSPS) is 14.9. The minimum Gasteiger partial charge on any atom is -0.497 e. The van der Waals surface area contributed by atoms with Gasteiger partial charge in [0.1, 0.15) is 12.5 Å². The highest BCUT2D eigenvalue weighted by atomic mass is 16.7. The summed E-state index contributed by atoms with van der Waals surface area (Å²) in [5, 5.41) is 9.45. The Hall–Kier alpha value is -1.84. The number of ether oxygens (including phenoxy) is 4. The molecular formula is C23H34O5. The quantitative estimate of drug-likeness (QED) is 0.226. The topological polar surface area (TPSA) is 57.2 Å². The average Bonchev–Trinajstić information content (AvgIpc) is 2.70. The predicted octanol–water partition coefficient (Wildman–Crippen LogP) is 3.95. The third kappa shape index (κ3) is 9.38. The number of unbranched alkanes of at least 4 members (excludes halogenated alkanes) is 1. The molecule has 0 unspecified atom stereocenters. The zero-order chi connectivity index (χ0) is 20.8. The molecular weight excluding hydrogens is 356 g/mol. The van der Waals surface area contributed by atoms with Gasteiger partial charge in [-0.25, -0.2) is 0 Å². The van der Waals surface area contributed by atoms with Gasteiger partial charge in [0.2, 0.25) is 0 Å². The van der Waals surface area contributed by atoms with E-state index in [1.54, 1.807) is 21.1 Å². The lowest BCUT2D eigenvalue weighted by Gasteiger charge is -2.24. The fourth-order valence-corrected chi connectivity index (χ4v) is 2.77. The largest absolute Gasteiger partial charge is 0.497 e. The lowest BCUT2D eigenvalue weighted by molar-refractivity contribution is -0.0723. The lowest BCUT2D eigenvalue weighted by atomic mass is 9.96. The molecule has 0 bridgehead atoms. The monoisotopic (exact) mass is 390 g/mol. The molecule has 28 heavy (non-hydrogen) atoms. The Labute approximate surface area is 169 Å². The number of benzene rings is 1. The summed E-state index contributed by atoms with van der Waals surface area (Å²) in [5.74, 6) is 3.46. The van der Waals surface area contributed by atoms with Crippen molar-refractivity contribution < 1.29 is 24.1 Å². The van der Waals surface area contributed by atoms with Crippen molar-refractivity contribution in [3.05, 3.63) is 41.5 Å². The molecule has 3 atom stereocenters. The van der Waals surface area contributed by atoms with Crippen molar-refractivity contribution in [2.24, 2.45) is 5.92 Å². The van der Waals surface area contributed by atoms with Crippen LogP contribution in [0.2, 0.25) is 0 Å². The summed E-state index contributed by atoms with van der Waals surface area (Å²) in [6, 6.07) is 7.79. The molecule has 0 aliphatic rings. The molecule has 0 radical (unpaired) electrons. The Bertz CT molecular complexity index is 600. The van der Waals surface area contributed by atoms with E-state index in [4.69, 9.17) is 25.4 Å². The molecule has 1 aromatic carbocycles. The van der Waals surface area contributed by atoms with Crippen molar-refractivity contribution in [2.75, 3.05) is 27.6 Å². The van der Waals surface area contributed by atoms with E-state index in [9.17, 15) is 5.11 Å². The summed E-state index contributed by atoms with van der Waals surface area (Å²) in [4.78, 5) is 0. The highest BCUT2D eigenvalue weighted by Gasteiger charge is 2.21. The van der Waals surface area contributed by atoms with Crippen LogP contribution in [-0.2, 0) is 20.8 Å². The lowest BCUT2D eigenvalue weighted by Crippen LogP contribution is -2.27. The van der Waals surface area contributed by atoms with E-state index in [0.717, 1.165) is 36.1 Å². The van der Waals surface area contributed by atoms with Crippen molar-refractivity contribution in [3.63, 3.8) is 0 Å². The summed E-state index contributed by atoms with van der Waals surface area (Å²) in [6.45, 7) is 4.82. The van der Waals surface area contributed by atoms with Gasteiger partial charge in [0.25, 0.3) is 0 Å². The van der Waals surface area contributed by atoms with E-state index in [1.165, 1.54) is 0 Å². The number of terminal acetylenes is 1. The van der Waals surface area contributed by atoms with Gasteiger partial charge in [-0.2, -0.15) is 0 Å². The first-order chi connectivity index (χ1) is 13.5. The molecule has 1 rings (SSSR count). The van der Waals surface area contributed by atoms with Crippen LogP contribution in [0.4, 0.5) is 0 Å². The molecule has 0 fully saturated rings. The minimum absolute atomic E-state index is 0.109. The molecule has 0 aliphatic carbocycles. The summed E-state index contributed by atoms with van der Waals surface area (Å²) in [7, 11) is 3.23. The molecule has 0 saturated heterocycles. The SMILES string of the molecule is C#C[C@H](C)[C@@H](OCOC)/C(=C/CCC[C@@H](C)O)COCc1ccc(OC)cc1. The van der Waals surface area contributed by atoms with Crippen molar-refractivity contribution in [2.45, 2.75) is 51.9 Å². The van der Waals surface area contributed by atoms with Crippen molar-refractivity contribution in [1.82, 2.24) is 0 Å². The van der Waals surface area contributed by atoms with Gasteiger partial charge in [-0.1, -0.05) is 18.2 Å². The summed E-state index contributed by atoms with van der Waals surface area (Å²) >= 11 is 0. The second-order valence-corrected chi connectivity index (χ2v) is 6.85. The molecule has 5 heteroatoms. The van der Waals surface area contributed by atoms with Crippen LogP contribution in [0.15, 0.2) is 35.9 Å². The molecule has 0 spiro atoms. The van der Waals surface area contributed by atoms with E-state index in [2.05, 4.69) is 12.0 Å². The van der Waals surface area contributed by atoms with E-state index in [1.807, 2.05) is 31.2 Å². The first-order valence-corrected chi connectivity index (χ1v) is 9.66. The molecule has 1 N–H and O–H groups in total. The fourth-order valence-electron chi connectivity index (χ4n) is 2.77. The van der Waals surface area contributed by atoms with Crippen molar-refractivity contribution in [1.29, 1.82) is 0 Å². The molecule has 5 nitrogen and oxygen atoms in total. The summed E-state index contributed by atoms with van der Waals surface area (Å²) in [6.07, 6.45) is 9.66. The number of rotatable bonds is 14. The van der Waals surface area contributed by atoms with Gasteiger partial charge < -0.3 is 24.1 Å². The average molecular weight is 391 g/mol. The maximum Gasteiger partial charge on any atom is 0.147 e. The number of methoxy groups -OCH3 is 2. The smallest absolute Gasteiger partial charge is 0.147 e.